The lowest BCUT2D eigenvalue weighted by Crippen LogP contribution is -2.32. The van der Waals surface area contributed by atoms with Gasteiger partial charge in [-0.25, -0.2) is 13.1 Å². The maximum Gasteiger partial charge on any atom is 0.251 e. The number of carbonyl (C=O) groups excluding carboxylic acids is 1. The maximum atomic E-state index is 12.3. The van der Waals surface area contributed by atoms with Crippen LogP contribution >= 0.6 is 11.3 Å². The summed E-state index contributed by atoms with van der Waals surface area (Å²) in [4.78, 5) is 13.2. The van der Waals surface area contributed by atoms with Crippen LogP contribution in [0.3, 0.4) is 0 Å². The molecule has 0 radical (unpaired) electrons. The zero-order chi connectivity index (χ0) is 17.0. The summed E-state index contributed by atoms with van der Waals surface area (Å²) >= 11 is 1.50. The summed E-state index contributed by atoms with van der Waals surface area (Å²) < 4.78 is 27.1. The molecule has 0 unspecified atom stereocenters. The lowest BCUT2D eigenvalue weighted by Gasteiger charge is -2.12. The maximum absolute atomic E-state index is 12.3. The number of hydrogen-bond acceptors (Lipinski definition) is 4. The second-order valence-corrected chi connectivity index (χ2v) is 8.34. The molecule has 0 fully saturated rings. The molecular formula is C17H18N2O3S2. The molecule has 24 heavy (non-hydrogen) atoms. The summed E-state index contributed by atoms with van der Waals surface area (Å²) in [6, 6.07) is 9.87. The fraction of sp³-hybridized carbons (Fsp3) is 0.235. The first-order valence-electron chi connectivity index (χ1n) is 7.62. The van der Waals surface area contributed by atoms with E-state index >= 15 is 0 Å². The van der Waals surface area contributed by atoms with Gasteiger partial charge >= 0.3 is 0 Å². The Morgan fingerprint density at radius 3 is 2.46 bits per heavy atom. The van der Waals surface area contributed by atoms with Crippen molar-refractivity contribution in [3.8, 4) is 0 Å². The van der Waals surface area contributed by atoms with Crippen LogP contribution in [-0.4, -0.2) is 20.4 Å². The number of amides is 1. The summed E-state index contributed by atoms with van der Waals surface area (Å²) in [6.45, 7) is 0.261. The van der Waals surface area contributed by atoms with Crippen molar-refractivity contribution in [2.75, 3.05) is 0 Å². The summed E-state index contributed by atoms with van der Waals surface area (Å²) in [7, 11) is -3.59. The van der Waals surface area contributed by atoms with Crippen LogP contribution in [0, 0.1) is 0 Å². The SMILES string of the molecule is O=C(NC1CC=CC1)c1ccc(S(=O)(=O)NCc2cccs2)cc1. The topological polar surface area (TPSA) is 75.3 Å². The van der Waals surface area contributed by atoms with Crippen LogP contribution in [0.25, 0.3) is 0 Å². The fourth-order valence-electron chi connectivity index (χ4n) is 2.45. The summed E-state index contributed by atoms with van der Waals surface area (Å²) in [5.41, 5.74) is 0.458. The van der Waals surface area contributed by atoms with E-state index in [0.29, 0.717) is 5.56 Å². The highest BCUT2D eigenvalue weighted by Gasteiger charge is 2.17. The van der Waals surface area contributed by atoms with E-state index in [9.17, 15) is 13.2 Å². The fourth-order valence-corrected chi connectivity index (χ4v) is 4.19. The van der Waals surface area contributed by atoms with E-state index in [1.54, 1.807) is 0 Å². The smallest absolute Gasteiger partial charge is 0.251 e. The molecule has 126 valence electrons. The normalized spacial score (nSPS) is 14.8. The van der Waals surface area contributed by atoms with Crippen LogP contribution in [0.2, 0.25) is 0 Å². The number of rotatable bonds is 6. The van der Waals surface area contributed by atoms with Crippen molar-refractivity contribution in [2.45, 2.75) is 30.3 Å². The van der Waals surface area contributed by atoms with Gasteiger partial charge in [-0.05, 0) is 48.6 Å². The van der Waals surface area contributed by atoms with Gasteiger partial charge in [-0.3, -0.25) is 4.79 Å². The first kappa shape index (κ1) is 16.9. The Hall–Kier alpha value is -1.96. The number of benzene rings is 1. The van der Waals surface area contributed by atoms with E-state index in [-0.39, 0.29) is 23.4 Å². The molecule has 0 spiro atoms. The zero-order valence-electron chi connectivity index (χ0n) is 12.9. The van der Waals surface area contributed by atoms with Crippen molar-refractivity contribution >= 4 is 27.3 Å². The van der Waals surface area contributed by atoms with E-state index in [1.807, 2.05) is 29.7 Å². The molecule has 2 N–H and O–H groups in total. The second-order valence-electron chi connectivity index (χ2n) is 5.54. The largest absolute Gasteiger partial charge is 0.349 e. The highest BCUT2D eigenvalue weighted by Crippen LogP contribution is 2.14. The Morgan fingerprint density at radius 1 is 1.12 bits per heavy atom. The van der Waals surface area contributed by atoms with Gasteiger partial charge in [-0.15, -0.1) is 11.3 Å². The van der Waals surface area contributed by atoms with Crippen molar-refractivity contribution in [3.05, 3.63) is 64.4 Å². The molecule has 1 aliphatic carbocycles. The van der Waals surface area contributed by atoms with Crippen LogP contribution in [0.1, 0.15) is 28.1 Å². The van der Waals surface area contributed by atoms with Crippen molar-refractivity contribution in [2.24, 2.45) is 0 Å². The van der Waals surface area contributed by atoms with Gasteiger partial charge in [0.1, 0.15) is 0 Å². The van der Waals surface area contributed by atoms with Crippen molar-refractivity contribution in [3.63, 3.8) is 0 Å². The van der Waals surface area contributed by atoms with Gasteiger partial charge in [0.15, 0.2) is 0 Å². The van der Waals surface area contributed by atoms with E-state index in [1.165, 1.54) is 35.6 Å². The third-order valence-electron chi connectivity index (χ3n) is 3.79. The first-order chi connectivity index (χ1) is 11.5. The molecule has 1 heterocycles. The number of hydrogen-bond donors (Lipinski definition) is 2. The van der Waals surface area contributed by atoms with Gasteiger partial charge in [-0.2, -0.15) is 0 Å². The minimum absolute atomic E-state index is 0.133. The molecular weight excluding hydrogens is 344 g/mol. The molecule has 2 aromatic rings. The van der Waals surface area contributed by atoms with Gasteiger partial charge in [0.25, 0.3) is 5.91 Å². The van der Waals surface area contributed by atoms with Gasteiger partial charge in [-0.1, -0.05) is 18.2 Å². The van der Waals surface area contributed by atoms with Crippen LogP contribution in [0.15, 0.2) is 58.8 Å². The van der Waals surface area contributed by atoms with Gasteiger partial charge in [0, 0.05) is 23.0 Å². The van der Waals surface area contributed by atoms with Crippen molar-refractivity contribution < 1.29 is 13.2 Å². The molecule has 0 bridgehead atoms. The van der Waals surface area contributed by atoms with Crippen molar-refractivity contribution in [1.29, 1.82) is 0 Å². The minimum atomic E-state index is -3.59. The summed E-state index contributed by atoms with van der Waals surface area (Å²) in [6.07, 6.45) is 5.76. The number of thiophene rings is 1. The lowest BCUT2D eigenvalue weighted by molar-refractivity contribution is 0.0939. The molecule has 0 atom stereocenters. The van der Waals surface area contributed by atoms with E-state index in [4.69, 9.17) is 0 Å². The Morgan fingerprint density at radius 2 is 1.83 bits per heavy atom. The quantitative estimate of drug-likeness (QED) is 0.776. The van der Waals surface area contributed by atoms with E-state index in [0.717, 1.165) is 17.7 Å². The molecule has 1 amide bonds. The highest BCUT2D eigenvalue weighted by atomic mass is 32.2. The van der Waals surface area contributed by atoms with Gasteiger partial charge in [0.05, 0.1) is 4.90 Å². The molecule has 1 aromatic carbocycles. The highest BCUT2D eigenvalue weighted by molar-refractivity contribution is 7.89. The van der Waals surface area contributed by atoms with E-state index < -0.39 is 10.0 Å². The third kappa shape index (κ3) is 4.11. The van der Waals surface area contributed by atoms with Crippen LogP contribution in [0.5, 0.6) is 0 Å². The lowest BCUT2D eigenvalue weighted by atomic mass is 10.2. The number of sulfonamides is 1. The summed E-state index contributed by atoms with van der Waals surface area (Å²) in [5, 5.41) is 4.83. The van der Waals surface area contributed by atoms with Crippen molar-refractivity contribution in [1.82, 2.24) is 10.0 Å². The molecule has 3 rings (SSSR count). The Bertz CT molecular complexity index is 817. The predicted octanol–water partition coefficient (Wildman–Crippen LogP) is 2.68. The predicted molar refractivity (Wildman–Crippen MR) is 94.4 cm³/mol. The Balaban J connectivity index is 1.63. The molecule has 0 aliphatic heterocycles. The number of carbonyl (C=O) groups is 1. The molecule has 0 saturated heterocycles. The molecule has 0 saturated carbocycles. The average molecular weight is 362 g/mol. The second kappa shape index (κ2) is 7.29. The van der Waals surface area contributed by atoms with Crippen LogP contribution in [0.4, 0.5) is 0 Å². The van der Waals surface area contributed by atoms with E-state index in [2.05, 4.69) is 10.0 Å². The molecule has 1 aliphatic rings. The molecule has 1 aromatic heterocycles. The third-order valence-corrected chi connectivity index (χ3v) is 6.08. The molecule has 5 nitrogen and oxygen atoms in total. The zero-order valence-corrected chi connectivity index (χ0v) is 14.6. The first-order valence-corrected chi connectivity index (χ1v) is 9.99. The average Bonchev–Trinajstić information content (AvgIpc) is 3.27. The monoisotopic (exact) mass is 362 g/mol. The Kier molecular flexibility index (Phi) is 5.13. The van der Waals surface area contributed by atoms with Crippen LogP contribution in [-0.2, 0) is 16.6 Å². The summed E-state index contributed by atoms with van der Waals surface area (Å²) in [5.74, 6) is -0.181. The number of nitrogens with one attached hydrogen (secondary N) is 2. The molecule has 7 heteroatoms. The van der Waals surface area contributed by atoms with Crippen LogP contribution < -0.4 is 10.0 Å². The van der Waals surface area contributed by atoms with Gasteiger partial charge < -0.3 is 5.32 Å². The minimum Gasteiger partial charge on any atom is -0.349 e. The van der Waals surface area contributed by atoms with Gasteiger partial charge in [0.2, 0.25) is 10.0 Å². The Labute approximate surface area is 145 Å². The standard InChI is InChI=1S/C17H18N2O3S2/c20-17(19-14-4-1-2-5-14)13-7-9-16(10-8-13)24(21,22)18-12-15-6-3-11-23-15/h1-3,6-11,14,18H,4-5,12H2,(H,19,20).